The van der Waals surface area contributed by atoms with E-state index in [1.807, 2.05) is 32.0 Å². The molecule has 2 atom stereocenters. The summed E-state index contributed by atoms with van der Waals surface area (Å²) in [4.78, 5) is 78.2. The van der Waals surface area contributed by atoms with E-state index >= 15 is 4.39 Å². The van der Waals surface area contributed by atoms with Gasteiger partial charge in [0.2, 0.25) is 17.8 Å². The molecule has 18 heteroatoms. The lowest BCUT2D eigenvalue weighted by atomic mass is 9.82. The number of carbonyl (C=O) groups is 4. The van der Waals surface area contributed by atoms with Gasteiger partial charge in [-0.2, -0.15) is 4.98 Å². The number of likely N-dealkylation sites (tertiary alicyclic amines) is 1. The van der Waals surface area contributed by atoms with Crippen LogP contribution in [-0.4, -0.2) is 112 Å². The number of nitrogens with zero attached hydrogens (tertiary/aromatic N) is 6. The van der Waals surface area contributed by atoms with Gasteiger partial charge in [-0.25, -0.2) is 9.37 Å². The van der Waals surface area contributed by atoms with Crippen molar-refractivity contribution in [1.29, 1.82) is 0 Å². The predicted octanol–water partition coefficient (Wildman–Crippen LogP) is 5.75. The molecule has 0 bridgehead atoms. The van der Waals surface area contributed by atoms with Crippen molar-refractivity contribution in [1.82, 2.24) is 35.0 Å². The maximum atomic E-state index is 16.3. The highest BCUT2D eigenvalue weighted by Gasteiger charge is 2.45. The van der Waals surface area contributed by atoms with Crippen molar-refractivity contribution in [3.05, 3.63) is 80.5 Å². The Hall–Kier alpha value is -5.65. The van der Waals surface area contributed by atoms with Gasteiger partial charge in [0.05, 0.1) is 30.0 Å². The third kappa shape index (κ3) is 8.77. The first-order valence-corrected chi connectivity index (χ1v) is 23.1. The first-order valence-electron chi connectivity index (χ1n) is 22.7. The molecule has 6 heterocycles. The van der Waals surface area contributed by atoms with Crippen molar-refractivity contribution in [2.45, 2.75) is 114 Å². The average Bonchev–Trinajstić information content (AvgIpc) is 3.53. The number of aromatic nitrogens is 3. The quantitative estimate of drug-likeness (QED) is 0.147. The van der Waals surface area contributed by atoms with Gasteiger partial charge < -0.3 is 39.4 Å². The lowest BCUT2D eigenvalue weighted by Crippen LogP contribution is -2.53. The molecule has 5 aliphatic rings. The zero-order chi connectivity index (χ0) is 45.7. The van der Waals surface area contributed by atoms with Crippen LogP contribution in [-0.2, 0) is 19.1 Å². The fourth-order valence-electron chi connectivity index (χ4n) is 10.3. The van der Waals surface area contributed by atoms with Crippen LogP contribution in [0.1, 0.15) is 112 Å². The van der Waals surface area contributed by atoms with E-state index < -0.39 is 18.0 Å². The van der Waals surface area contributed by atoms with Gasteiger partial charge in [0.15, 0.2) is 18.2 Å². The Morgan fingerprint density at radius 1 is 0.985 bits per heavy atom. The highest BCUT2D eigenvalue weighted by atomic mass is 35.5. The second kappa shape index (κ2) is 18.3. The van der Waals surface area contributed by atoms with Crippen LogP contribution in [0.25, 0.3) is 10.9 Å². The minimum atomic E-state index is -0.792. The van der Waals surface area contributed by atoms with Crippen molar-refractivity contribution in [2.24, 2.45) is 0 Å². The van der Waals surface area contributed by atoms with Crippen LogP contribution in [0.5, 0.6) is 5.75 Å². The molecule has 0 radical (unpaired) electrons. The molecule has 9 rings (SSSR count). The number of benzene rings is 2. The summed E-state index contributed by atoms with van der Waals surface area (Å²) in [5, 5.41) is 9.25. The number of amides is 4. The van der Waals surface area contributed by atoms with Gasteiger partial charge in [-0.3, -0.25) is 29.3 Å². The largest absolute Gasteiger partial charge is 0.478 e. The number of carbonyl (C=O) groups excluding carboxylic acids is 4. The summed E-state index contributed by atoms with van der Waals surface area (Å²) in [5.74, 6) is -0.755. The Bertz CT molecular complexity index is 2590. The molecule has 65 heavy (non-hydrogen) atoms. The van der Waals surface area contributed by atoms with E-state index in [9.17, 15) is 24.0 Å². The maximum absolute atomic E-state index is 16.3. The number of likely N-dealkylation sites (N-methyl/N-ethyl adjacent to an activating group) is 1. The third-order valence-corrected chi connectivity index (χ3v) is 14.1. The van der Waals surface area contributed by atoms with Crippen LogP contribution in [0.3, 0.4) is 0 Å². The van der Waals surface area contributed by atoms with Crippen LogP contribution >= 0.6 is 11.6 Å². The molecule has 4 aliphatic heterocycles. The van der Waals surface area contributed by atoms with Gasteiger partial charge >= 0.3 is 0 Å². The summed E-state index contributed by atoms with van der Waals surface area (Å²) in [6.07, 6.45) is 7.59. The second-order valence-electron chi connectivity index (χ2n) is 18.2. The van der Waals surface area contributed by atoms with Crippen LogP contribution in [0.15, 0.2) is 47.4 Å². The highest BCUT2D eigenvalue weighted by Crippen LogP contribution is 2.43. The molecule has 1 aliphatic carbocycles. The maximum Gasteiger partial charge on any atom is 0.293 e. The van der Waals surface area contributed by atoms with Crippen molar-refractivity contribution < 1.29 is 33.0 Å². The van der Waals surface area contributed by atoms with Crippen LogP contribution in [0.4, 0.5) is 21.8 Å². The number of hydrogen-bond acceptors (Lipinski definition) is 12. The lowest BCUT2D eigenvalue weighted by molar-refractivity contribution is -0.137. The highest BCUT2D eigenvalue weighted by molar-refractivity contribution is 6.33. The number of imide groups is 1. The fraction of sp³-hybridized carbons (Fsp3) is 0.511. The molecular formula is C47H55ClFN9O7. The predicted molar refractivity (Wildman–Crippen MR) is 242 cm³/mol. The molecule has 3 N–H and O–H groups in total. The molecule has 4 aromatic rings. The molecule has 16 nitrogen and oxygen atoms in total. The summed E-state index contributed by atoms with van der Waals surface area (Å²) in [6, 6.07) is 9.63. The number of halogens is 2. The minimum Gasteiger partial charge on any atom is -0.478 e. The summed E-state index contributed by atoms with van der Waals surface area (Å²) in [5.41, 5.74) is 2.41. The first-order chi connectivity index (χ1) is 31.3. The monoisotopic (exact) mass is 911 g/mol. The number of rotatable bonds is 12. The van der Waals surface area contributed by atoms with Gasteiger partial charge in [-0.1, -0.05) is 17.7 Å². The molecular weight excluding hydrogens is 857 g/mol. The van der Waals surface area contributed by atoms with Gasteiger partial charge in [0.1, 0.15) is 16.9 Å². The number of nitrogens with one attached hydrogen (secondary N) is 3. The molecule has 2 aromatic carbocycles. The molecule has 1 saturated carbocycles. The average molecular weight is 912 g/mol. The standard InChI is InChI=1S/C47H55ClFN9O7/c1-25(2)57-36-8-5-29(19-28(36)20-38(46(57)63)64-24-40(60)50-4)52-43-35(48)23-51-47(54-43)56-17-13-31(14-18-56)65-32-21-30(22-32)55-15-11-27(12-16-55)33-6-7-34-41(42(33)49)26(3)58(45(34)62)37-9-10-39(59)53-44(37)61/h5-8,19-20,23,25-27,30-32,37H,9-18,21-22,24H2,1-4H3,(H,50,60)(H,51,52,54)(H,53,59,61)/t26-,30-,32-,37+/m1/s1. The van der Waals surface area contributed by atoms with Crippen molar-refractivity contribution in [2.75, 3.05) is 50.1 Å². The molecule has 344 valence electrons. The molecule has 4 fully saturated rings. The third-order valence-electron chi connectivity index (χ3n) is 13.9. The van der Waals surface area contributed by atoms with E-state index in [0.717, 1.165) is 75.6 Å². The number of pyridine rings is 1. The minimum absolute atomic E-state index is 0.0413. The van der Waals surface area contributed by atoms with Crippen molar-refractivity contribution >= 4 is 63.6 Å². The van der Waals surface area contributed by atoms with Gasteiger partial charge in [-0.15, -0.1) is 0 Å². The van der Waals surface area contributed by atoms with E-state index in [0.29, 0.717) is 45.2 Å². The van der Waals surface area contributed by atoms with E-state index in [2.05, 4.69) is 30.7 Å². The van der Waals surface area contributed by atoms with E-state index in [-0.39, 0.29) is 78.5 Å². The topological polar surface area (TPSA) is 180 Å². The molecule has 3 saturated heterocycles. The van der Waals surface area contributed by atoms with E-state index in [1.165, 1.54) is 11.9 Å². The van der Waals surface area contributed by atoms with E-state index in [4.69, 9.17) is 26.1 Å². The Morgan fingerprint density at radius 3 is 2.45 bits per heavy atom. The number of hydrogen-bond donors (Lipinski definition) is 3. The Balaban J connectivity index is 0.752. The smallest absolute Gasteiger partial charge is 0.293 e. The molecule has 2 aromatic heterocycles. The second-order valence-corrected chi connectivity index (χ2v) is 18.6. The molecule has 0 spiro atoms. The number of piperidine rings is 3. The summed E-state index contributed by atoms with van der Waals surface area (Å²) in [7, 11) is 1.51. The van der Waals surface area contributed by atoms with Gasteiger partial charge in [0, 0.05) is 60.8 Å². The summed E-state index contributed by atoms with van der Waals surface area (Å²) < 4.78 is 30.1. The summed E-state index contributed by atoms with van der Waals surface area (Å²) >= 11 is 6.60. The van der Waals surface area contributed by atoms with Crippen LogP contribution in [0, 0.1) is 5.82 Å². The Kier molecular flexibility index (Phi) is 12.6. The van der Waals surface area contributed by atoms with Crippen molar-refractivity contribution in [3.8, 4) is 5.75 Å². The SMILES string of the molecule is CNC(=O)COc1cc2cc(Nc3nc(N4CCC(O[C@H]5C[C@H](N6CCC(c7ccc8c(c7F)[C@@H](C)N([C@H]7CCC(=O)NC7=O)C8=O)CC6)C5)CC4)ncc3Cl)ccc2n(C(C)C)c1=O. The lowest BCUT2D eigenvalue weighted by Gasteiger charge is -2.47. The normalized spacial score (nSPS) is 23.2. The number of fused-ring (bicyclic) bond motifs is 2. The van der Waals surface area contributed by atoms with Crippen LogP contribution in [0.2, 0.25) is 5.02 Å². The fourth-order valence-corrected chi connectivity index (χ4v) is 10.4. The molecule has 4 amide bonds. The van der Waals surface area contributed by atoms with Gasteiger partial charge in [0.25, 0.3) is 17.4 Å². The number of ether oxygens (including phenoxy) is 2. The Morgan fingerprint density at radius 2 is 1.74 bits per heavy atom. The zero-order valence-electron chi connectivity index (χ0n) is 37.1. The Labute approximate surface area is 381 Å². The van der Waals surface area contributed by atoms with Crippen molar-refractivity contribution in [3.63, 3.8) is 0 Å². The number of anilines is 3. The first kappa shape index (κ1) is 44.5. The van der Waals surface area contributed by atoms with E-state index in [1.54, 1.807) is 35.9 Å². The van der Waals surface area contributed by atoms with Crippen LogP contribution < -0.4 is 31.1 Å². The molecule has 0 unspecified atom stereocenters. The zero-order valence-corrected chi connectivity index (χ0v) is 37.8. The van der Waals surface area contributed by atoms with Gasteiger partial charge in [-0.05, 0) is 121 Å². The summed E-state index contributed by atoms with van der Waals surface area (Å²) in [6.45, 7) is 8.52.